The minimum absolute atomic E-state index is 0.0333. The lowest BCUT2D eigenvalue weighted by Gasteiger charge is -2.45. The zero-order valence-corrected chi connectivity index (χ0v) is 24.1. The van der Waals surface area contributed by atoms with Crippen LogP contribution in [0.15, 0.2) is 72.8 Å². The van der Waals surface area contributed by atoms with Crippen molar-refractivity contribution in [3.63, 3.8) is 0 Å². The summed E-state index contributed by atoms with van der Waals surface area (Å²) in [7, 11) is 1.28. The van der Waals surface area contributed by atoms with Crippen molar-refractivity contribution >= 4 is 35.3 Å². The van der Waals surface area contributed by atoms with Gasteiger partial charge in [0.1, 0.15) is 6.04 Å². The molecule has 1 fully saturated rings. The molecule has 1 saturated heterocycles. The standard InChI is InChI=1S/C34H32N2O7/c1-18(2)16-25(34(41)43-17-26(37)35-20-14-12-19(13-15-20)33(40)42-3)36-31(38)29-27-21-8-4-5-9-22(21)28(30(29)32(36)39)24-11-7-6-10-23(24)27/h4-15,18,25,27-30H,16-17H2,1-3H3,(H,35,37)/t25-,27?,28?,29-,30-/m0/s1. The van der Waals surface area contributed by atoms with Gasteiger partial charge in [-0.2, -0.15) is 0 Å². The lowest BCUT2D eigenvalue weighted by molar-refractivity contribution is -0.160. The molecule has 0 saturated carbocycles. The summed E-state index contributed by atoms with van der Waals surface area (Å²) in [5.74, 6) is -4.46. The third-order valence-corrected chi connectivity index (χ3v) is 8.70. The van der Waals surface area contributed by atoms with E-state index in [2.05, 4.69) is 10.1 Å². The second-order valence-corrected chi connectivity index (χ2v) is 11.7. The molecule has 1 heterocycles. The number of likely N-dealkylation sites (tertiary alicyclic amines) is 1. The Balaban J connectivity index is 1.22. The highest BCUT2D eigenvalue weighted by Gasteiger charge is 2.63. The molecule has 3 amide bonds. The number of hydrogen-bond acceptors (Lipinski definition) is 7. The van der Waals surface area contributed by atoms with Crippen LogP contribution in [0.2, 0.25) is 0 Å². The summed E-state index contributed by atoms with van der Waals surface area (Å²) in [5.41, 5.74) is 4.92. The van der Waals surface area contributed by atoms with Gasteiger partial charge in [0.15, 0.2) is 6.61 Å². The maximum atomic E-state index is 14.1. The van der Waals surface area contributed by atoms with E-state index in [4.69, 9.17) is 4.74 Å². The Kier molecular flexibility index (Phi) is 7.33. The first kappa shape index (κ1) is 28.3. The van der Waals surface area contributed by atoms with Crippen molar-refractivity contribution < 1.29 is 33.4 Å². The fourth-order valence-electron chi connectivity index (χ4n) is 7.00. The van der Waals surface area contributed by atoms with Gasteiger partial charge < -0.3 is 14.8 Å². The Hall–Kier alpha value is -4.79. The second-order valence-electron chi connectivity index (χ2n) is 11.7. The number of benzene rings is 3. The number of esters is 2. The molecule has 3 aromatic carbocycles. The summed E-state index contributed by atoms with van der Waals surface area (Å²) in [6, 6.07) is 20.8. The summed E-state index contributed by atoms with van der Waals surface area (Å²) < 4.78 is 10.1. The Morgan fingerprint density at radius 3 is 1.72 bits per heavy atom. The first-order valence-electron chi connectivity index (χ1n) is 14.4. The van der Waals surface area contributed by atoms with Crippen molar-refractivity contribution in [2.24, 2.45) is 17.8 Å². The number of carbonyl (C=O) groups excluding carboxylic acids is 5. The number of imide groups is 1. The van der Waals surface area contributed by atoms with Crippen LogP contribution in [0, 0.1) is 17.8 Å². The zero-order chi connectivity index (χ0) is 30.4. The number of nitrogens with zero attached hydrogens (tertiary/aromatic N) is 1. The molecule has 3 aliphatic carbocycles. The number of nitrogens with one attached hydrogen (secondary N) is 1. The van der Waals surface area contributed by atoms with Crippen LogP contribution in [-0.2, 0) is 28.7 Å². The molecule has 3 atom stereocenters. The van der Waals surface area contributed by atoms with Crippen molar-refractivity contribution in [3.8, 4) is 0 Å². The van der Waals surface area contributed by atoms with Crippen molar-refractivity contribution in [3.05, 3.63) is 101 Å². The van der Waals surface area contributed by atoms with E-state index in [9.17, 15) is 24.0 Å². The molecule has 220 valence electrons. The average molecular weight is 581 g/mol. The predicted octanol–water partition coefficient (Wildman–Crippen LogP) is 4.26. The third-order valence-electron chi connectivity index (χ3n) is 8.70. The van der Waals surface area contributed by atoms with Crippen LogP contribution in [-0.4, -0.2) is 54.3 Å². The molecule has 9 nitrogen and oxygen atoms in total. The van der Waals surface area contributed by atoms with E-state index in [1.165, 1.54) is 31.4 Å². The molecule has 3 aromatic rings. The van der Waals surface area contributed by atoms with E-state index < -0.39 is 42.3 Å². The maximum absolute atomic E-state index is 14.1. The fraction of sp³-hybridized carbons (Fsp3) is 0.324. The molecule has 0 aromatic heterocycles. The van der Waals surface area contributed by atoms with Crippen molar-refractivity contribution in [2.75, 3.05) is 19.0 Å². The quantitative estimate of drug-likeness (QED) is 0.312. The number of methoxy groups -OCH3 is 1. The molecule has 2 bridgehead atoms. The van der Waals surface area contributed by atoms with E-state index in [1.807, 2.05) is 62.4 Å². The minimum atomic E-state index is -1.15. The first-order valence-corrected chi connectivity index (χ1v) is 14.4. The second kappa shape index (κ2) is 11.1. The number of carbonyl (C=O) groups is 5. The predicted molar refractivity (Wildman–Crippen MR) is 156 cm³/mol. The van der Waals surface area contributed by atoms with Gasteiger partial charge in [-0.05, 0) is 58.9 Å². The monoisotopic (exact) mass is 580 g/mol. The van der Waals surface area contributed by atoms with Crippen LogP contribution in [0.4, 0.5) is 5.69 Å². The largest absolute Gasteiger partial charge is 0.465 e. The van der Waals surface area contributed by atoms with Gasteiger partial charge in [0, 0.05) is 17.5 Å². The van der Waals surface area contributed by atoms with Gasteiger partial charge >= 0.3 is 11.9 Å². The molecule has 0 spiro atoms. The zero-order valence-electron chi connectivity index (χ0n) is 24.1. The number of amides is 3. The number of ether oxygens (including phenoxy) is 2. The molecule has 0 unspecified atom stereocenters. The molecular formula is C34H32N2O7. The Bertz CT molecular complexity index is 1510. The van der Waals surface area contributed by atoms with Gasteiger partial charge in [-0.1, -0.05) is 62.4 Å². The molecule has 1 N–H and O–H groups in total. The topological polar surface area (TPSA) is 119 Å². The third kappa shape index (κ3) is 4.78. The Labute approximate surface area is 249 Å². The minimum Gasteiger partial charge on any atom is -0.465 e. The lowest BCUT2D eigenvalue weighted by atomic mass is 9.55. The van der Waals surface area contributed by atoms with Gasteiger partial charge in [0.25, 0.3) is 5.91 Å². The molecule has 4 aliphatic rings. The van der Waals surface area contributed by atoms with E-state index in [-0.39, 0.29) is 36.0 Å². The normalized spacial score (nSPS) is 22.0. The Morgan fingerprint density at radius 1 is 0.791 bits per heavy atom. The van der Waals surface area contributed by atoms with E-state index in [0.29, 0.717) is 11.3 Å². The molecule has 43 heavy (non-hydrogen) atoms. The van der Waals surface area contributed by atoms with E-state index in [1.54, 1.807) is 0 Å². The van der Waals surface area contributed by atoms with Gasteiger partial charge in [-0.25, -0.2) is 9.59 Å². The summed E-state index contributed by atoms with van der Waals surface area (Å²) >= 11 is 0. The van der Waals surface area contributed by atoms with Crippen molar-refractivity contribution in [1.29, 1.82) is 0 Å². The molecule has 9 heteroatoms. The van der Waals surface area contributed by atoms with Crippen LogP contribution >= 0.6 is 0 Å². The highest BCUT2D eigenvalue weighted by atomic mass is 16.5. The van der Waals surface area contributed by atoms with Crippen molar-refractivity contribution in [1.82, 2.24) is 4.90 Å². The number of anilines is 1. The molecule has 1 aliphatic heterocycles. The van der Waals surface area contributed by atoms with E-state index >= 15 is 0 Å². The summed E-state index contributed by atoms with van der Waals surface area (Å²) in [4.78, 5) is 67.2. The van der Waals surface area contributed by atoms with Gasteiger partial charge in [-0.3, -0.25) is 19.3 Å². The maximum Gasteiger partial charge on any atom is 0.337 e. The Morgan fingerprint density at radius 2 is 1.28 bits per heavy atom. The van der Waals surface area contributed by atoms with Crippen LogP contribution in [0.1, 0.15) is 64.7 Å². The SMILES string of the molecule is COC(=O)c1ccc(NC(=O)COC(=O)[C@H](CC(C)C)N2C(=O)[C@H]3C4c5ccccc5C(c5ccccc54)[C@@H]3C2=O)cc1. The van der Waals surface area contributed by atoms with Gasteiger partial charge in [0.2, 0.25) is 11.8 Å². The number of rotatable bonds is 8. The molecule has 0 radical (unpaired) electrons. The van der Waals surface area contributed by atoms with E-state index in [0.717, 1.165) is 27.2 Å². The van der Waals surface area contributed by atoms with Crippen LogP contribution in [0.25, 0.3) is 0 Å². The van der Waals surface area contributed by atoms with Gasteiger partial charge in [-0.15, -0.1) is 0 Å². The van der Waals surface area contributed by atoms with Crippen LogP contribution in [0.3, 0.4) is 0 Å². The number of hydrogen-bond donors (Lipinski definition) is 1. The lowest BCUT2D eigenvalue weighted by Crippen LogP contribution is -2.47. The highest BCUT2D eigenvalue weighted by Crippen LogP contribution is 2.61. The average Bonchev–Trinajstić information content (AvgIpc) is 3.28. The van der Waals surface area contributed by atoms with Crippen LogP contribution in [0.5, 0.6) is 0 Å². The first-order chi connectivity index (χ1) is 20.7. The summed E-state index contributed by atoms with van der Waals surface area (Å²) in [5, 5.41) is 2.61. The molecule has 7 rings (SSSR count). The smallest absolute Gasteiger partial charge is 0.337 e. The van der Waals surface area contributed by atoms with Crippen molar-refractivity contribution in [2.45, 2.75) is 38.1 Å². The van der Waals surface area contributed by atoms with Gasteiger partial charge in [0.05, 0.1) is 24.5 Å². The highest BCUT2D eigenvalue weighted by molar-refractivity contribution is 6.10. The summed E-state index contributed by atoms with van der Waals surface area (Å²) in [6.45, 7) is 3.20. The molecular weight excluding hydrogens is 548 g/mol. The fourth-order valence-corrected chi connectivity index (χ4v) is 7.00. The summed E-state index contributed by atoms with van der Waals surface area (Å²) in [6.07, 6.45) is 0.210. The van der Waals surface area contributed by atoms with Crippen LogP contribution < -0.4 is 5.32 Å².